The summed E-state index contributed by atoms with van der Waals surface area (Å²) in [6.07, 6.45) is 0. The zero-order chi connectivity index (χ0) is 13.8. The monoisotopic (exact) mass is 275 g/mol. The summed E-state index contributed by atoms with van der Waals surface area (Å²) in [5, 5.41) is 3.38. The summed E-state index contributed by atoms with van der Waals surface area (Å²) in [7, 11) is 2.04. The third kappa shape index (κ3) is 3.14. The Morgan fingerprint density at radius 2 is 1.85 bits per heavy atom. The van der Waals surface area contributed by atoms with Crippen LogP contribution in [0.1, 0.15) is 0 Å². The van der Waals surface area contributed by atoms with Crippen LogP contribution in [-0.2, 0) is 4.74 Å². The van der Waals surface area contributed by atoms with Crippen LogP contribution in [-0.4, -0.2) is 63.9 Å². The van der Waals surface area contributed by atoms with Crippen LogP contribution in [0.4, 0.5) is 5.69 Å². The molecule has 0 amide bonds. The van der Waals surface area contributed by atoms with Crippen molar-refractivity contribution in [2.45, 2.75) is 6.04 Å². The molecule has 2 fully saturated rings. The van der Waals surface area contributed by atoms with Gasteiger partial charge in [-0.05, 0) is 19.2 Å². The van der Waals surface area contributed by atoms with Crippen LogP contribution in [0.15, 0.2) is 30.3 Å². The van der Waals surface area contributed by atoms with Crippen LogP contribution in [0.2, 0.25) is 0 Å². The Labute approximate surface area is 121 Å². The normalized spacial score (nSPS) is 27.9. The van der Waals surface area contributed by atoms with E-state index in [4.69, 9.17) is 4.74 Å². The fourth-order valence-electron chi connectivity index (χ4n) is 3.26. The maximum atomic E-state index is 5.59. The topological polar surface area (TPSA) is 27.7 Å². The molecule has 4 nitrogen and oxygen atoms in total. The maximum Gasteiger partial charge on any atom is 0.0623 e. The van der Waals surface area contributed by atoms with Crippen molar-refractivity contribution in [3.8, 4) is 0 Å². The Morgan fingerprint density at radius 3 is 2.55 bits per heavy atom. The average Bonchev–Trinajstić information content (AvgIpc) is 2.96. The van der Waals surface area contributed by atoms with Crippen molar-refractivity contribution in [2.75, 3.05) is 57.9 Å². The van der Waals surface area contributed by atoms with Crippen molar-refractivity contribution in [1.82, 2.24) is 10.2 Å². The van der Waals surface area contributed by atoms with Crippen LogP contribution in [0.5, 0.6) is 0 Å². The van der Waals surface area contributed by atoms with E-state index in [0.717, 1.165) is 45.9 Å². The first-order valence-corrected chi connectivity index (χ1v) is 7.64. The van der Waals surface area contributed by atoms with E-state index in [-0.39, 0.29) is 0 Å². The minimum Gasteiger partial charge on any atom is -0.379 e. The number of nitrogens with one attached hydrogen (secondary N) is 1. The fourth-order valence-corrected chi connectivity index (χ4v) is 3.26. The van der Waals surface area contributed by atoms with E-state index in [0.29, 0.717) is 12.0 Å². The second-order valence-corrected chi connectivity index (χ2v) is 5.82. The molecule has 2 saturated heterocycles. The molecule has 2 heterocycles. The molecule has 0 aromatic heterocycles. The molecule has 1 aromatic rings. The van der Waals surface area contributed by atoms with Crippen LogP contribution in [0.3, 0.4) is 0 Å². The van der Waals surface area contributed by atoms with Gasteiger partial charge in [-0.1, -0.05) is 18.2 Å². The number of rotatable bonds is 4. The molecule has 0 bridgehead atoms. The number of hydrogen-bond donors (Lipinski definition) is 1. The molecule has 20 heavy (non-hydrogen) atoms. The van der Waals surface area contributed by atoms with E-state index in [9.17, 15) is 0 Å². The molecule has 1 N–H and O–H groups in total. The number of nitrogens with zero attached hydrogens (tertiary/aromatic N) is 2. The van der Waals surface area contributed by atoms with Gasteiger partial charge in [-0.2, -0.15) is 0 Å². The first kappa shape index (κ1) is 13.9. The molecule has 3 rings (SSSR count). The maximum absolute atomic E-state index is 5.59. The zero-order valence-electron chi connectivity index (χ0n) is 12.3. The third-order valence-electron chi connectivity index (χ3n) is 4.56. The summed E-state index contributed by atoms with van der Waals surface area (Å²) in [4.78, 5) is 5.07. The van der Waals surface area contributed by atoms with Gasteiger partial charge in [0.05, 0.1) is 13.2 Å². The lowest BCUT2D eigenvalue weighted by atomic mass is 10.0. The van der Waals surface area contributed by atoms with Crippen molar-refractivity contribution in [1.29, 1.82) is 0 Å². The molecule has 110 valence electrons. The van der Waals surface area contributed by atoms with Crippen molar-refractivity contribution >= 4 is 5.69 Å². The zero-order valence-corrected chi connectivity index (χ0v) is 12.3. The van der Waals surface area contributed by atoms with E-state index < -0.39 is 0 Å². The lowest BCUT2D eigenvalue weighted by molar-refractivity contribution is 0.164. The Hall–Kier alpha value is -1.10. The molecular formula is C16H25N3O. The molecule has 0 spiro atoms. The number of anilines is 1. The second-order valence-electron chi connectivity index (χ2n) is 5.82. The van der Waals surface area contributed by atoms with Crippen LogP contribution < -0.4 is 10.2 Å². The van der Waals surface area contributed by atoms with Crippen LogP contribution in [0.25, 0.3) is 0 Å². The minimum absolute atomic E-state index is 0.530. The number of piperazine rings is 1. The Kier molecular flexibility index (Phi) is 4.55. The van der Waals surface area contributed by atoms with Crippen LogP contribution in [0, 0.1) is 5.92 Å². The van der Waals surface area contributed by atoms with Crippen molar-refractivity contribution in [2.24, 2.45) is 5.92 Å². The average molecular weight is 275 g/mol. The molecule has 4 heteroatoms. The third-order valence-corrected chi connectivity index (χ3v) is 4.56. The van der Waals surface area contributed by atoms with E-state index >= 15 is 0 Å². The molecule has 0 saturated carbocycles. The van der Waals surface area contributed by atoms with E-state index in [1.807, 2.05) is 7.05 Å². The summed E-state index contributed by atoms with van der Waals surface area (Å²) >= 11 is 0. The SMILES string of the molecule is CNC1COCC1CN1CCN(c2ccccc2)CC1. The highest BCUT2D eigenvalue weighted by Gasteiger charge is 2.29. The van der Waals surface area contributed by atoms with Crippen molar-refractivity contribution < 1.29 is 4.74 Å². The quantitative estimate of drug-likeness (QED) is 0.889. The predicted octanol–water partition coefficient (Wildman–Crippen LogP) is 1.04. The summed E-state index contributed by atoms with van der Waals surface area (Å²) in [5.41, 5.74) is 1.35. The molecule has 1 aromatic carbocycles. The summed E-state index contributed by atoms with van der Waals surface area (Å²) < 4.78 is 5.59. The highest BCUT2D eigenvalue weighted by Crippen LogP contribution is 2.19. The summed E-state index contributed by atoms with van der Waals surface area (Å²) in [6, 6.07) is 11.3. The molecule has 2 aliphatic rings. The van der Waals surface area contributed by atoms with Crippen LogP contribution >= 0.6 is 0 Å². The molecular weight excluding hydrogens is 250 g/mol. The lowest BCUT2D eigenvalue weighted by Gasteiger charge is -2.37. The highest BCUT2D eigenvalue weighted by molar-refractivity contribution is 5.46. The molecule has 0 aliphatic carbocycles. The fraction of sp³-hybridized carbons (Fsp3) is 0.625. The summed E-state index contributed by atoms with van der Waals surface area (Å²) in [6.45, 7) is 7.50. The van der Waals surface area contributed by atoms with Gasteiger partial charge in [-0.15, -0.1) is 0 Å². The first-order valence-electron chi connectivity index (χ1n) is 7.64. The Morgan fingerprint density at radius 1 is 1.10 bits per heavy atom. The molecule has 2 atom stereocenters. The Balaban J connectivity index is 1.49. The van der Waals surface area contributed by atoms with Crippen molar-refractivity contribution in [3.05, 3.63) is 30.3 Å². The largest absolute Gasteiger partial charge is 0.379 e. The highest BCUT2D eigenvalue weighted by atomic mass is 16.5. The number of benzene rings is 1. The number of ether oxygens (including phenoxy) is 1. The second kappa shape index (κ2) is 6.57. The van der Waals surface area contributed by atoms with E-state index in [1.54, 1.807) is 0 Å². The van der Waals surface area contributed by atoms with Crippen molar-refractivity contribution in [3.63, 3.8) is 0 Å². The smallest absolute Gasteiger partial charge is 0.0623 e. The minimum atomic E-state index is 0.530. The van der Waals surface area contributed by atoms with Gasteiger partial charge in [0.25, 0.3) is 0 Å². The van der Waals surface area contributed by atoms with Gasteiger partial charge in [0.15, 0.2) is 0 Å². The number of para-hydroxylation sites is 1. The number of hydrogen-bond acceptors (Lipinski definition) is 4. The van der Waals surface area contributed by atoms with Gasteiger partial charge in [0, 0.05) is 50.4 Å². The Bertz CT molecular complexity index is 403. The van der Waals surface area contributed by atoms with Gasteiger partial charge >= 0.3 is 0 Å². The summed E-state index contributed by atoms with van der Waals surface area (Å²) in [5.74, 6) is 0.642. The first-order chi connectivity index (χ1) is 9.86. The van der Waals surface area contributed by atoms with Gasteiger partial charge < -0.3 is 15.0 Å². The van der Waals surface area contributed by atoms with E-state index in [1.165, 1.54) is 5.69 Å². The van der Waals surface area contributed by atoms with Gasteiger partial charge in [0.2, 0.25) is 0 Å². The van der Waals surface area contributed by atoms with Gasteiger partial charge in [-0.3, -0.25) is 4.90 Å². The molecule has 2 aliphatic heterocycles. The predicted molar refractivity (Wildman–Crippen MR) is 82.3 cm³/mol. The lowest BCUT2D eigenvalue weighted by Crippen LogP contribution is -2.49. The standard InChI is InChI=1S/C16H25N3O/c1-17-16-13-20-12-14(16)11-18-7-9-19(10-8-18)15-5-3-2-4-6-15/h2-6,14,16-17H,7-13H2,1H3. The number of likely N-dealkylation sites (N-methyl/N-ethyl adjacent to an activating group) is 1. The van der Waals surface area contributed by atoms with Gasteiger partial charge in [-0.25, -0.2) is 0 Å². The molecule has 0 radical (unpaired) electrons. The van der Waals surface area contributed by atoms with E-state index in [2.05, 4.69) is 45.4 Å². The van der Waals surface area contributed by atoms with Gasteiger partial charge in [0.1, 0.15) is 0 Å². The molecule has 2 unspecified atom stereocenters.